The Morgan fingerprint density at radius 3 is 2.29 bits per heavy atom. The van der Waals surface area contributed by atoms with Gasteiger partial charge in [-0.25, -0.2) is 13.5 Å². The third-order valence-electron chi connectivity index (χ3n) is 3.03. The van der Waals surface area contributed by atoms with Crippen molar-refractivity contribution in [1.29, 1.82) is 0 Å². The number of halogens is 2. The second-order valence-corrected chi connectivity index (χ2v) is 4.49. The van der Waals surface area contributed by atoms with E-state index in [0.717, 1.165) is 23.9 Å². The van der Waals surface area contributed by atoms with Crippen LogP contribution in [0.25, 0.3) is 16.9 Å². The third kappa shape index (κ3) is 2.58. The fourth-order valence-corrected chi connectivity index (χ4v) is 2.10. The van der Waals surface area contributed by atoms with Crippen molar-refractivity contribution in [2.24, 2.45) is 0 Å². The van der Waals surface area contributed by atoms with Crippen molar-refractivity contribution in [3.05, 3.63) is 71.9 Å². The van der Waals surface area contributed by atoms with Crippen molar-refractivity contribution < 1.29 is 13.6 Å². The van der Waals surface area contributed by atoms with Crippen molar-refractivity contribution >= 4 is 6.29 Å². The minimum Gasteiger partial charge on any atom is -0.298 e. The molecule has 21 heavy (non-hydrogen) atoms. The van der Waals surface area contributed by atoms with Gasteiger partial charge in [0, 0.05) is 17.8 Å². The van der Waals surface area contributed by atoms with Gasteiger partial charge in [0.05, 0.1) is 11.3 Å². The van der Waals surface area contributed by atoms with Gasteiger partial charge in [-0.1, -0.05) is 18.2 Å². The predicted octanol–water partition coefficient (Wildman–Crippen LogP) is 3.63. The molecule has 0 bridgehead atoms. The molecule has 0 N–H and O–H groups in total. The van der Waals surface area contributed by atoms with Crippen molar-refractivity contribution in [2.45, 2.75) is 0 Å². The van der Waals surface area contributed by atoms with Crippen LogP contribution in [0.15, 0.2) is 54.7 Å². The van der Waals surface area contributed by atoms with Crippen LogP contribution in [0.3, 0.4) is 0 Å². The molecule has 0 saturated heterocycles. The largest absolute Gasteiger partial charge is 0.298 e. The molecule has 5 heteroatoms. The van der Waals surface area contributed by atoms with E-state index in [4.69, 9.17) is 0 Å². The number of hydrogen-bond donors (Lipinski definition) is 0. The molecule has 0 unspecified atom stereocenters. The standard InChI is InChI=1S/C16H10F2N2O/c17-13-6-11(7-14(18)8-13)16-12(10-21)9-20(19-16)15-4-2-1-3-5-15/h1-10H. The summed E-state index contributed by atoms with van der Waals surface area (Å²) in [4.78, 5) is 11.2. The number of hydrogen-bond acceptors (Lipinski definition) is 2. The molecule has 0 fully saturated rings. The van der Waals surface area contributed by atoms with E-state index in [-0.39, 0.29) is 16.8 Å². The summed E-state index contributed by atoms with van der Waals surface area (Å²) in [5.41, 5.74) is 1.49. The predicted molar refractivity (Wildman–Crippen MR) is 74.3 cm³/mol. The Labute approximate surface area is 119 Å². The average Bonchev–Trinajstić information content (AvgIpc) is 2.91. The number of carbonyl (C=O) groups excluding carboxylic acids is 1. The second-order valence-electron chi connectivity index (χ2n) is 4.49. The highest BCUT2D eigenvalue weighted by Crippen LogP contribution is 2.24. The Balaban J connectivity index is 2.14. The molecule has 2 aromatic carbocycles. The zero-order valence-electron chi connectivity index (χ0n) is 10.8. The first-order valence-corrected chi connectivity index (χ1v) is 6.24. The van der Waals surface area contributed by atoms with E-state index in [2.05, 4.69) is 5.10 Å². The van der Waals surface area contributed by atoms with Gasteiger partial charge in [0.1, 0.15) is 17.3 Å². The van der Waals surface area contributed by atoms with Gasteiger partial charge >= 0.3 is 0 Å². The third-order valence-corrected chi connectivity index (χ3v) is 3.03. The van der Waals surface area contributed by atoms with Crippen molar-refractivity contribution in [2.75, 3.05) is 0 Å². The van der Waals surface area contributed by atoms with Crippen LogP contribution in [-0.2, 0) is 0 Å². The molecule has 104 valence electrons. The molecule has 3 aromatic rings. The van der Waals surface area contributed by atoms with Crippen molar-refractivity contribution in [1.82, 2.24) is 9.78 Å². The van der Waals surface area contributed by atoms with E-state index in [9.17, 15) is 13.6 Å². The molecule has 0 atom stereocenters. The topological polar surface area (TPSA) is 34.9 Å². The van der Waals surface area contributed by atoms with Gasteiger partial charge < -0.3 is 0 Å². The highest BCUT2D eigenvalue weighted by Gasteiger charge is 2.13. The van der Waals surface area contributed by atoms with Crippen LogP contribution in [-0.4, -0.2) is 16.1 Å². The van der Waals surface area contributed by atoms with Crippen LogP contribution in [0, 0.1) is 11.6 Å². The zero-order valence-corrected chi connectivity index (χ0v) is 10.8. The monoisotopic (exact) mass is 284 g/mol. The maximum absolute atomic E-state index is 13.3. The molecule has 1 aromatic heterocycles. The van der Waals surface area contributed by atoms with Crippen LogP contribution in [0.1, 0.15) is 10.4 Å². The lowest BCUT2D eigenvalue weighted by molar-refractivity contribution is 0.112. The average molecular weight is 284 g/mol. The number of benzene rings is 2. The summed E-state index contributed by atoms with van der Waals surface area (Å²) >= 11 is 0. The van der Waals surface area contributed by atoms with Crippen LogP contribution >= 0.6 is 0 Å². The van der Waals surface area contributed by atoms with Crippen LogP contribution < -0.4 is 0 Å². The lowest BCUT2D eigenvalue weighted by Crippen LogP contribution is -1.94. The molecule has 3 nitrogen and oxygen atoms in total. The summed E-state index contributed by atoms with van der Waals surface area (Å²) in [6.45, 7) is 0. The van der Waals surface area contributed by atoms with Gasteiger partial charge in [0.15, 0.2) is 6.29 Å². The molecule has 0 spiro atoms. The number of nitrogens with zero attached hydrogens (tertiary/aromatic N) is 2. The summed E-state index contributed by atoms with van der Waals surface area (Å²) in [6.07, 6.45) is 2.14. The lowest BCUT2D eigenvalue weighted by atomic mass is 10.1. The fraction of sp³-hybridized carbons (Fsp3) is 0. The molecular formula is C16H10F2N2O. The maximum Gasteiger partial charge on any atom is 0.153 e. The number of para-hydroxylation sites is 1. The molecule has 0 aliphatic rings. The summed E-state index contributed by atoms with van der Waals surface area (Å²) in [5, 5.41) is 4.26. The summed E-state index contributed by atoms with van der Waals surface area (Å²) < 4.78 is 28.1. The van der Waals surface area contributed by atoms with Gasteiger partial charge in [0.25, 0.3) is 0 Å². The Morgan fingerprint density at radius 1 is 1.00 bits per heavy atom. The van der Waals surface area contributed by atoms with Gasteiger partial charge in [-0.3, -0.25) is 4.79 Å². The second kappa shape index (κ2) is 5.28. The molecule has 0 radical (unpaired) electrons. The first kappa shape index (κ1) is 13.2. The van der Waals surface area contributed by atoms with E-state index in [1.54, 1.807) is 0 Å². The Morgan fingerprint density at radius 2 is 1.67 bits per heavy atom. The van der Waals surface area contributed by atoms with E-state index in [1.165, 1.54) is 10.9 Å². The Kier molecular flexibility index (Phi) is 3.31. The van der Waals surface area contributed by atoms with Gasteiger partial charge in [0.2, 0.25) is 0 Å². The highest BCUT2D eigenvalue weighted by atomic mass is 19.1. The molecule has 0 aliphatic heterocycles. The zero-order chi connectivity index (χ0) is 14.8. The fourth-order valence-electron chi connectivity index (χ4n) is 2.10. The molecule has 0 aliphatic carbocycles. The van der Waals surface area contributed by atoms with Gasteiger partial charge in [-0.15, -0.1) is 0 Å². The number of rotatable bonds is 3. The summed E-state index contributed by atoms with van der Waals surface area (Å²) in [6, 6.07) is 12.2. The quantitative estimate of drug-likeness (QED) is 0.688. The lowest BCUT2D eigenvalue weighted by Gasteiger charge is -2.01. The van der Waals surface area contributed by atoms with Gasteiger partial charge in [-0.05, 0) is 24.3 Å². The van der Waals surface area contributed by atoms with Crippen LogP contribution in [0.5, 0.6) is 0 Å². The summed E-state index contributed by atoms with van der Waals surface area (Å²) in [7, 11) is 0. The Hall–Kier alpha value is -2.82. The Bertz CT molecular complexity index is 777. The number of aromatic nitrogens is 2. The molecule has 0 saturated carbocycles. The van der Waals surface area contributed by atoms with E-state index in [0.29, 0.717) is 6.29 Å². The molecule has 1 heterocycles. The molecular weight excluding hydrogens is 274 g/mol. The summed E-state index contributed by atoms with van der Waals surface area (Å²) in [5.74, 6) is -1.42. The SMILES string of the molecule is O=Cc1cn(-c2ccccc2)nc1-c1cc(F)cc(F)c1. The smallest absolute Gasteiger partial charge is 0.153 e. The van der Waals surface area contributed by atoms with E-state index < -0.39 is 11.6 Å². The van der Waals surface area contributed by atoms with Crippen molar-refractivity contribution in [3.8, 4) is 16.9 Å². The highest BCUT2D eigenvalue weighted by molar-refractivity contribution is 5.85. The number of carbonyl (C=O) groups is 1. The first-order valence-electron chi connectivity index (χ1n) is 6.24. The normalized spacial score (nSPS) is 10.6. The van der Waals surface area contributed by atoms with Crippen molar-refractivity contribution in [3.63, 3.8) is 0 Å². The van der Waals surface area contributed by atoms with Crippen LogP contribution in [0.2, 0.25) is 0 Å². The first-order chi connectivity index (χ1) is 10.2. The van der Waals surface area contributed by atoms with Gasteiger partial charge in [-0.2, -0.15) is 5.10 Å². The molecule has 3 rings (SSSR count). The van der Waals surface area contributed by atoms with E-state index in [1.807, 2.05) is 30.3 Å². The van der Waals surface area contributed by atoms with E-state index >= 15 is 0 Å². The molecule has 0 amide bonds. The van der Waals surface area contributed by atoms with Crippen LogP contribution in [0.4, 0.5) is 8.78 Å². The minimum atomic E-state index is -0.712. The number of aldehydes is 1. The minimum absolute atomic E-state index is 0.226. The maximum atomic E-state index is 13.3.